The summed E-state index contributed by atoms with van der Waals surface area (Å²) in [6.45, 7) is 3.06. The van der Waals surface area contributed by atoms with E-state index in [-0.39, 0.29) is 11.9 Å². The van der Waals surface area contributed by atoms with Gasteiger partial charge in [0.1, 0.15) is 5.56 Å². The maximum absolute atomic E-state index is 13.3. The van der Waals surface area contributed by atoms with E-state index in [0.29, 0.717) is 24.6 Å². The van der Waals surface area contributed by atoms with E-state index in [1.54, 1.807) is 29.0 Å². The molecule has 0 N–H and O–H groups in total. The minimum absolute atomic E-state index is 0.0502. The first-order valence-corrected chi connectivity index (χ1v) is 8.97. The van der Waals surface area contributed by atoms with Crippen LogP contribution in [-0.2, 0) is 0 Å². The van der Waals surface area contributed by atoms with Crippen LogP contribution in [0.15, 0.2) is 42.9 Å². The lowest BCUT2D eigenvalue weighted by Gasteiger charge is -2.35. The van der Waals surface area contributed by atoms with Crippen molar-refractivity contribution in [2.24, 2.45) is 0 Å². The number of amides is 1. The zero-order valence-corrected chi connectivity index (χ0v) is 14.7. The first kappa shape index (κ1) is 16.5. The summed E-state index contributed by atoms with van der Waals surface area (Å²) in [5.74, 6) is 0.338. The Bertz CT molecular complexity index is 923. The van der Waals surface area contributed by atoms with E-state index in [1.165, 1.54) is 0 Å². The number of carbonyl (C=O) groups excluding carboxylic acids is 1. The molecule has 26 heavy (non-hydrogen) atoms. The van der Waals surface area contributed by atoms with Gasteiger partial charge >= 0.3 is 0 Å². The molecule has 4 heterocycles. The molecule has 0 aromatic carbocycles. The van der Waals surface area contributed by atoms with E-state index < -0.39 is 0 Å². The first-order chi connectivity index (χ1) is 12.8. The van der Waals surface area contributed by atoms with Gasteiger partial charge in [-0.2, -0.15) is 5.10 Å². The Kier molecular flexibility index (Phi) is 4.51. The van der Waals surface area contributed by atoms with E-state index >= 15 is 0 Å². The van der Waals surface area contributed by atoms with Gasteiger partial charge in [-0.25, -0.2) is 14.5 Å². The quantitative estimate of drug-likeness (QED) is 0.723. The minimum atomic E-state index is -0.0542. The molecule has 4 rings (SSSR count). The van der Waals surface area contributed by atoms with Crippen molar-refractivity contribution in [1.82, 2.24) is 24.5 Å². The van der Waals surface area contributed by atoms with Gasteiger partial charge in [0.15, 0.2) is 5.65 Å². The maximum Gasteiger partial charge on any atom is 0.259 e. The van der Waals surface area contributed by atoms with Crippen LogP contribution in [0.2, 0.25) is 0 Å². The van der Waals surface area contributed by atoms with Crippen LogP contribution in [0.1, 0.15) is 48.3 Å². The molecule has 1 fully saturated rings. The highest BCUT2D eigenvalue weighted by atomic mass is 16.5. The van der Waals surface area contributed by atoms with Crippen LogP contribution >= 0.6 is 0 Å². The summed E-state index contributed by atoms with van der Waals surface area (Å²) < 4.78 is 7.28. The maximum atomic E-state index is 13.3. The summed E-state index contributed by atoms with van der Waals surface area (Å²) in [5, 5.41) is 4.19. The Labute approximate surface area is 151 Å². The SMILES string of the molecule is CCOc1ncccc1C(=O)N1CCCC[C@@H]1c1ccn2nccc2n1. The zero-order chi connectivity index (χ0) is 17.9. The fourth-order valence-corrected chi connectivity index (χ4v) is 3.45. The third kappa shape index (κ3) is 3.00. The highest BCUT2D eigenvalue weighted by Gasteiger charge is 2.31. The molecular weight excluding hydrogens is 330 g/mol. The molecule has 0 saturated carbocycles. The van der Waals surface area contributed by atoms with Gasteiger partial charge < -0.3 is 9.64 Å². The Morgan fingerprint density at radius 1 is 1.27 bits per heavy atom. The van der Waals surface area contributed by atoms with Crippen molar-refractivity contribution in [3.8, 4) is 5.88 Å². The standard InChI is InChI=1S/C19H21N5O2/c1-2-26-18-14(6-5-10-20-18)19(25)23-12-4-3-7-16(23)15-9-13-24-17(22-15)8-11-21-24/h5-6,8-11,13,16H,2-4,7,12H2,1H3/t16-/m1/s1. The summed E-state index contributed by atoms with van der Waals surface area (Å²) in [5.41, 5.74) is 2.19. The van der Waals surface area contributed by atoms with E-state index in [2.05, 4.69) is 10.1 Å². The number of fused-ring (bicyclic) bond motifs is 1. The van der Waals surface area contributed by atoms with Crippen LogP contribution in [0, 0.1) is 0 Å². The highest BCUT2D eigenvalue weighted by molar-refractivity contribution is 5.96. The van der Waals surface area contributed by atoms with Crippen LogP contribution < -0.4 is 4.74 Å². The topological polar surface area (TPSA) is 72.6 Å². The smallest absolute Gasteiger partial charge is 0.259 e. The van der Waals surface area contributed by atoms with E-state index in [1.807, 2.05) is 30.2 Å². The monoisotopic (exact) mass is 351 g/mol. The molecule has 1 saturated heterocycles. The lowest BCUT2D eigenvalue weighted by Crippen LogP contribution is -2.39. The molecule has 1 aliphatic rings. The normalized spacial score (nSPS) is 17.4. The molecular formula is C19H21N5O2. The minimum Gasteiger partial charge on any atom is -0.477 e. The Morgan fingerprint density at radius 3 is 3.08 bits per heavy atom. The summed E-state index contributed by atoms with van der Waals surface area (Å²) in [6, 6.07) is 7.31. The van der Waals surface area contributed by atoms with Gasteiger partial charge in [0, 0.05) is 25.0 Å². The van der Waals surface area contributed by atoms with Crippen LogP contribution in [0.4, 0.5) is 0 Å². The number of nitrogens with zero attached hydrogens (tertiary/aromatic N) is 5. The Hall–Kier alpha value is -2.96. The highest BCUT2D eigenvalue weighted by Crippen LogP contribution is 2.32. The molecule has 0 unspecified atom stereocenters. The van der Waals surface area contributed by atoms with Crippen molar-refractivity contribution in [3.63, 3.8) is 0 Å². The van der Waals surface area contributed by atoms with Crippen LogP contribution in [-0.4, -0.2) is 43.5 Å². The Balaban J connectivity index is 1.68. The molecule has 3 aromatic rings. The van der Waals surface area contributed by atoms with Gasteiger partial charge in [0.05, 0.1) is 24.5 Å². The molecule has 134 valence electrons. The number of rotatable bonds is 4. The molecule has 0 aliphatic carbocycles. The second-order valence-corrected chi connectivity index (χ2v) is 6.29. The second kappa shape index (κ2) is 7.11. The zero-order valence-electron chi connectivity index (χ0n) is 14.7. The van der Waals surface area contributed by atoms with E-state index in [0.717, 1.165) is 30.6 Å². The lowest BCUT2D eigenvalue weighted by molar-refractivity contribution is 0.0601. The number of hydrogen-bond acceptors (Lipinski definition) is 5. The average molecular weight is 351 g/mol. The predicted octanol–water partition coefficient (Wildman–Crippen LogP) is 2.89. The molecule has 1 atom stereocenters. The first-order valence-electron chi connectivity index (χ1n) is 8.97. The second-order valence-electron chi connectivity index (χ2n) is 6.29. The fourth-order valence-electron chi connectivity index (χ4n) is 3.45. The summed E-state index contributed by atoms with van der Waals surface area (Å²) >= 11 is 0. The number of pyridine rings is 1. The molecule has 1 amide bonds. The summed E-state index contributed by atoms with van der Waals surface area (Å²) in [4.78, 5) is 24.1. The third-order valence-electron chi connectivity index (χ3n) is 4.67. The van der Waals surface area contributed by atoms with Gasteiger partial charge in [0.2, 0.25) is 5.88 Å². The van der Waals surface area contributed by atoms with Crippen molar-refractivity contribution in [2.45, 2.75) is 32.2 Å². The van der Waals surface area contributed by atoms with Crippen molar-refractivity contribution in [1.29, 1.82) is 0 Å². The van der Waals surface area contributed by atoms with Crippen molar-refractivity contribution in [3.05, 3.63) is 54.1 Å². The van der Waals surface area contributed by atoms with Crippen molar-refractivity contribution in [2.75, 3.05) is 13.2 Å². The fraction of sp³-hybridized carbons (Fsp3) is 0.368. The van der Waals surface area contributed by atoms with Gasteiger partial charge in [-0.1, -0.05) is 0 Å². The molecule has 7 heteroatoms. The van der Waals surface area contributed by atoms with Gasteiger partial charge in [0.25, 0.3) is 5.91 Å². The Morgan fingerprint density at radius 2 is 2.19 bits per heavy atom. The molecule has 0 bridgehead atoms. The van der Waals surface area contributed by atoms with Gasteiger partial charge in [-0.3, -0.25) is 4.79 Å². The third-order valence-corrected chi connectivity index (χ3v) is 4.67. The summed E-state index contributed by atoms with van der Waals surface area (Å²) in [6.07, 6.45) is 8.22. The number of aromatic nitrogens is 4. The molecule has 7 nitrogen and oxygen atoms in total. The number of piperidine rings is 1. The van der Waals surface area contributed by atoms with Crippen molar-refractivity contribution >= 4 is 11.6 Å². The van der Waals surface area contributed by atoms with Gasteiger partial charge in [-0.05, 0) is 44.4 Å². The van der Waals surface area contributed by atoms with Crippen LogP contribution in [0.5, 0.6) is 5.88 Å². The van der Waals surface area contributed by atoms with Crippen molar-refractivity contribution < 1.29 is 9.53 Å². The number of carbonyl (C=O) groups is 1. The molecule has 3 aromatic heterocycles. The van der Waals surface area contributed by atoms with Gasteiger partial charge in [-0.15, -0.1) is 0 Å². The van der Waals surface area contributed by atoms with E-state index in [9.17, 15) is 4.79 Å². The molecule has 0 spiro atoms. The van der Waals surface area contributed by atoms with Crippen LogP contribution in [0.3, 0.4) is 0 Å². The van der Waals surface area contributed by atoms with Crippen LogP contribution in [0.25, 0.3) is 5.65 Å². The molecule has 0 radical (unpaired) electrons. The predicted molar refractivity (Wildman–Crippen MR) is 96.0 cm³/mol. The number of hydrogen-bond donors (Lipinski definition) is 0. The average Bonchev–Trinajstić information content (AvgIpc) is 3.16. The number of ether oxygens (including phenoxy) is 1. The lowest BCUT2D eigenvalue weighted by atomic mass is 9.98. The summed E-state index contributed by atoms with van der Waals surface area (Å²) in [7, 11) is 0. The molecule has 1 aliphatic heterocycles. The van der Waals surface area contributed by atoms with E-state index in [4.69, 9.17) is 9.72 Å². The largest absolute Gasteiger partial charge is 0.477 e. The number of likely N-dealkylation sites (tertiary alicyclic amines) is 1.